The van der Waals surface area contributed by atoms with Gasteiger partial charge in [0, 0.05) is 11.1 Å². The van der Waals surface area contributed by atoms with Crippen LogP contribution in [-0.2, 0) is 11.2 Å². The summed E-state index contributed by atoms with van der Waals surface area (Å²) in [6.07, 6.45) is 3.22. The van der Waals surface area contributed by atoms with E-state index in [9.17, 15) is 4.79 Å². The molecule has 0 saturated carbocycles. The summed E-state index contributed by atoms with van der Waals surface area (Å²) in [5, 5.41) is 6.53. The maximum atomic E-state index is 12.7. The number of hydrogen-bond acceptors (Lipinski definition) is 2. The topological polar surface area (TPSA) is 41.1 Å². The number of hydrogen-bond donors (Lipinski definition) is 2. The van der Waals surface area contributed by atoms with Gasteiger partial charge in [0.2, 0.25) is 5.91 Å². The van der Waals surface area contributed by atoms with Gasteiger partial charge in [0.05, 0.1) is 0 Å². The van der Waals surface area contributed by atoms with Crippen LogP contribution in [0.5, 0.6) is 0 Å². The lowest BCUT2D eigenvalue weighted by Gasteiger charge is -2.36. The van der Waals surface area contributed by atoms with Gasteiger partial charge >= 0.3 is 0 Å². The highest BCUT2D eigenvalue weighted by atomic mass is 16.2. The third-order valence-electron chi connectivity index (χ3n) is 4.55. The summed E-state index contributed by atoms with van der Waals surface area (Å²) in [5.41, 5.74) is 1.81. The number of carbonyl (C=O) groups excluding carboxylic acids is 1. The van der Waals surface area contributed by atoms with E-state index < -0.39 is 0 Å². The van der Waals surface area contributed by atoms with Crippen LogP contribution in [0.15, 0.2) is 24.3 Å². The minimum absolute atomic E-state index is 0.132. The first-order chi connectivity index (χ1) is 9.55. The van der Waals surface area contributed by atoms with Crippen LogP contribution in [0.25, 0.3) is 0 Å². The van der Waals surface area contributed by atoms with Crippen molar-refractivity contribution in [1.29, 1.82) is 0 Å². The Kier molecular flexibility index (Phi) is 4.81. The summed E-state index contributed by atoms with van der Waals surface area (Å²) in [5.74, 6) is 0.539. The minimum Gasteiger partial charge on any atom is -0.325 e. The number of para-hydroxylation sites is 1. The number of anilines is 1. The number of aryl methyl sites for hydroxylation is 1. The normalized spacial score (nSPS) is 19.6. The van der Waals surface area contributed by atoms with E-state index in [-0.39, 0.29) is 11.3 Å². The molecule has 2 rings (SSSR count). The van der Waals surface area contributed by atoms with E-state index in [4.69, 9.17) is 0 Å². The van der Waals surface area contributed by atoms with Crippen molar-refractivity contribution in [2.75, 3.05) is 18.4 Å². The molecule has 1 aliphatic rings. The monoisotopic (exact) mass is 274 g/mol. The molecule has 1 aromatic rings. The molecule has 1 amide bonds. The molecule has 0 aromatic heterocycles. The van der Waals surface area contributed by atoms with Gasteiger partial charge in [0.1, 0.15) is 0 Å². The maximum absolute atomic E-state index is 12.7. The molecule has 1 heterocycles. The Labute approximate surface area is 122 Å². The molecule has 3 heteroatoms. The van der Waals surface area contributed by atoms with Crippen molar-refractivity contribution < 1.29 is 4.79 Å². The van der Waals surface area contributed by atoms with E-state index in [1.54, 1.807) is 0 Å². The molecular weight excluding hydrogens is 248 g/mol. The molecule has 0 spiro atoms. The van der Waals surface area contributed by atoms with E-state index >= 15 is 0 Å². The van der Waals surface area contributed by atoms with E-state index in [1.807, 2.05) is 18.2 Å². The average Bonchev–Trinajstić information content (AvgIpc) is 2.48. The van der Waals surface area contributed by atoms with Gasteiger partial charge < -0.3 is 10.6 Å². The number of carbonyl (C=O) groups is 1. The van der Waals surface area contributed by atoms with Crippen molar-refractivity contribution in [3.05, 3.63) is 29.8 Å². The van der Waals surface area contributed by atoms with Crippen LogP contribution in [0.2, 0.25) is 0 Å². The zero-order valence-electron chi connectivity index (χ0n) is 12.8. The number of amides is 1. The molecule has 1 aromatic carbocycles. The highest BCUT2D eigenvalue weighted by Crippen LogP contribution is 2.33. The Balaban J connectivity index is 2.10. The fourth-order valence-electron chi connectivity index (χ4n) is 2.89. The molecule has 1 atom stereocenters. The molecule has 0 aliphatic carbocycles. The summed E-state index contributed by atoms with van der Waals surface area (Å²) < 4.78 is 0. The molecule has 0 radical (unpaired) electrons. The fraction of sp³-hybridized carbons (Fsp3) is 0.588. The van der Waals surface area contributed by atoms with Gasteiger partial charge in [-0.25, -0.2) is 0 Å². The molecule has 1 fully saturated rings. The Morgan fingerprint density at radius 1 is 1.40 bits per heavy atom. The SMILES string of the molecule is CCc1ccccc1NC(=O)C(C)(C)C1CCCNC1. The van der Waals surface area contributed by atoms with Gasteiger partial charge in [-0.2, -0.15) is 0 Å². The molecule has 1 unspecified atom stereocenters. The van der Waals surface area contributed by atoms with Crippen LogP contribution in [0, 0.1) is 11.3 Å². The maximum Gasteiger partial charge on any atom is 0.230 e. The van der Waals surface area contributed by atoms with Crippen molar-refractivity contribution in [3.63, 3.8) is 0 Å². The van der Waals surface area contributed by atoms with Gasteiger partial charge in [-0.3, -0.25) is 4.79 Å². The van der Waals surface area contributed by atoms with Crippen molar-refractivity contribution >= 4 is 11.6 Å². The third kappa shape index (κ3) is 3.21. The van der Waals surface area contributed by atoms with Crippen LogP contribution < -0.4 is 10.6 Å². The second kappa shape index (κ2) is 6.40. The molecule has 0 bridgehead atoms. The average molecular weight is 274 g/mol. The van der Waals surface area contributed by atoms with Crippen molar-refractivity contribution in [3.8, 4) is 0 Å². The molecular formula is C17H26N2O. The van der Waals surface area contributed by atoms with E-state index in [1.165, 1.54) is 5.56 Å². The quantitative estimate of drug-likeness (QED) is 0.885. The van der Waals surface area contributed by atoms with Crippen LogP contribution in [0.1, 0.15) is 39.2 Å². The lowest BCUT2D eigenvalue weighted by Crippen LogP contribution is -2.44. The van der Waals surface area contributed by atoms with Gasteiger partial charge in [0.15, 0.2) is 0 Å². The van der Waals surface area contributed by atoms with Crippen molar-refractivity contribution in [2.24, 2.45) is 11.3 Å². The largest absolute Gasteiger partial charge is 0.325 e. The van der Waals surface area contributed by atoms with Crippen LogP contribution >= 0.6 is 0 Å². The standard InChI is InChI=1S/C17H26N2O/c1-4-13-8-5-6-10-15(13)19-16(20)17(2,3)14-9-7-11-18-12-14/h5-6,8,10,14,18H,4,7,9,11-12H2,1-3H3,(H,19,20). The summed E-state index contributed by atoms with van der Waals surface area (Å²) in [4.78, 5) is 12.7. The van der Waals surface area contributed by atoms with Gasteiger partial charge in [-0.05, 0) is 49.9 Å². The van der Waals surface area contributed by atoms with Crippen LogP contribution in [-0.4, -0.2) is 19.0 Å². The number of rotatable bonds is 4. The van der Waals surface area contributed by atoms with E-state index in [0.717, 1.165) is 38.0 Å². The first kappa shape index (κ1) is 15.0. The minimum atomic E-state index is -0.339. The summed E-state index contributed by atoms with van der Waals surface area (Å²) in [7, 11) is 0. The highest BCUT2D eigenvalue weighted by molar-refractivity contribution is 5.95. The van der Waals surface area contributed by atoms with E-state index in [2.05, 4.69) is 37.5 Å². The predicted octanol–water partition coefficient (Wildman–Crippen LogP) is 3.21. The zero-order chi connectivity index (χ0) is 14.6. The van der Waals surface area contributed by atoms with Gasteiger partial charge in [0.25, 0.3) is 0 Å². The van der Waals surface area contributed by atoms with Crippen molar-refractivity contribution in [2.45, 2.75) is 40.0 Å². The Morgan fingerprint density at radius 3 is 2.80 bits per heavy atom. The van der Waals surface area contributed by atoms with Crippen molar-refractivity contribution in [1.82, 2.24) is 5.32 Å². The molecule has 1 saturated heterocycles. The second-order valence-corrected chi connectivity index (χ2v) is 6.23. The summed E-state index contributed by atoms with van der Waals surface area (Å²) >= 11 is 0. The third-order valence-corrected chi connectivity index (χ3v) is 4.55. The van der Waals surface area contributed by atoms with Crippen LogP contribution in [0.3, 0.4) is 0 Å². The number of piperidine rings is 1. The van der Waals surface area contributed by atoms with Crippen LogP contribution in [0.4, 0.5) is 5.69 Å². The number of benzene rings is 1. The van der Waals surface area contributed by atoms with Gasteiger partial charge in [-0.1, -0.05) is 39.0 Å². The molecule has 2 N–H and O–H groups in total. The Bertz CT molecular complexity index is 462. The second-order valence-electron chi connectivity index (χ2n) is 6.23. The predicted molar refractivity (Wildman–Crippen MR) is 83.8 cm³/mol. The fourth-order valence-corrected chi connectivity index (χ4v) is 2.89. The zero-order valence-corrected chi connectivity index (χ0v) is 12.8. The van der Waals surface area contributed by atoms with E-state index in [0.29, 0.717) is 5.92 Å². The number of nitrogens with one attached hydrogen (secondary N) is 2. The summed E-state index contributed by atoms with van der Waals surface area (Å²) in [6, 6.07) is 8.06. The lowest BCUT2D eigenvalue weighted by molar-refractivity contribution is -0.127. The van der Waals surface area contributed by atoms with Gasteiger partial charge in [-0.15, -0.1) is 0 Å². The Hall–Kier alpha value is -1.35. The highest BCUT2D eigenvalue weighted by Gasteiger charge is 2.37. The molecule has 1 aliphatic heterocycles. The smallest absolute Gasteiger partial charge is 0.230 e. The first-order valence-corrected chi connectivity index (χ1v) is 7.65. The molecule has 3 nitrogen and oxygen atoms in total. The molecule has 20 heavy (non-hydrogen) atoms. The summed E-state index contributed by atoms with van der Waals surface area (Å²) in [6.45, 7) is 8.26. The first-order valence-electron chi connectivity index (χ1n) is 7.65. The Morgan fingerprint density at radius 2 is 2.15 bits per heavy atom. The molecule has 110 valence electrons. The lowest BCUT2D eigenvalue weighted by atomic mass is 9.74.